The van der Waals surface area contributed by atoms with E-state index in [1.54, 1.807) is 0 Å². The maximum atomic E-state index is 10.4. The SMILES string of the molecule is O=C(O)CCCCCCCCCC1=CCC2CCNC2=C1. The summed E-state index contributed by atoms with van der Waals surface area (Å²) in [5.41, 5.74) is 3.00. The summed E-state index contributed by atoms with van der Waals surface area (Å²) in [6.45, 7) is 1.15. The molecule has 3 nitrogen and oxygen atoms in total. The molecule has 0 aromatic heterocycles. The third kappa shape index (κ3) is 5.94. The van der Waals surface area contributed by atoms with E-state index in [4.69, 9.17) is 5.11 Å². The van der Waals surface area contributed by atoms with E-state index in [-0.39, 0.29) is 0 Å². The van der Waals surface area contributed by atoms with Gasteiger partial charge in [-0.3, -0.25) is 4.79 Å². The number of allylic oxidation sites excluding steroid dienone is 4. The topological polar surface area (TPSA) is 49.3 Å². The first-order chi connectivity index (χ1) is 10.3. The number of unbranched alkanes of at least 4 members (excludes halogenated alkanes) is 6. The standard InChI is InChI=1S/C18H29NO2/c20-18(21)9-7-5-3-1-2-4-6-8-15-10-11-16-12-13-19-17(16)14-15/h10,14,16,19H,1-9,11-13H2,(H,20,21). The number of rotatable bonds is 10. The Bertz CT molecular complexity index is 398. The van der Waals surface area contributed by atoms with Gasteiger partial charge < -0.3 is 10.4 Å². The lowest BCUT2D eigenvalue weighted by molar-refractivity contribution is -0.137. The number of carboxylic acid groups (broad SMARTS) is 1. The van der Waals surface area contributed by atoms with E-state index in [2.05, 4.69) is 17.5 Å². The molecule has 1 fully saturated rings. The molecule has 1 aliphatic heterocycles. The summed E-state index contributed by atoms with van der Waals surface area (Å²) in [6.07, 6.45) is 17.1. The molecule has 0 spiro atoms. The quantitative estimate of drug-likeness (QED) is 0.586. The van der Waals surface area contributed by atoms with Crippen LogP contribution in [-0.2, 0) is 4.79 Å². The van der Waals surface area contributed by atoms with Gasteiger partial charge in [0.15, 0.2) is 0 Å². The number of aliphatic carboxylic acids is 1. The van der Waals surface area contributed by atoms with E-state index in [0.717, 1.165) is 25.3 Å². The third-order valence-corrected chi connectivity index (χ3v) is 4.62. The molecule has 1 atom stereocenters. The Kier molecular flexibility index (Phi) is 6.84. The van der Waals surface area contributed by atoms with Gasteiger partial charge in [0.1, 0.15) is 0 Å². The average molecular weight is 291 g/mol. The van der Waals surface area contributed by atoms with E-state index in [1.165, 1.54) is 62.6 Å². The fourth-order valence-electron chi connectivity index (χ4n) is 3.32. The van der Waals surface area contributed by atoms with E-state index < -0.39 is 5.97 Å². The summed E-state index contributed by atoms with van der Waals surface area (Å²) >= 11 is 0. The lowest BCUT2D eigenvalue weighted by atomic mass is 9.91. The first kappa shape index (κ1) is 16.1. The molecule has 0 aromatic rings. The molecule has 1 unspecified atom stereocenters. The summed E-state index contributed by atoms with van der Waals surface area (Å²) in [5, 5.41) is 12.1. The highest BCUT2D eigenvalue weighted by atomic mass is 16.4. The molecule has 0 amide bonds. The summed E-state index contributed by atoms with van der Waals surface area (Å²) in [5.74, 6) is 0.114. The molecular formula is C18H29NO2. The number of nitrogens with one attached hydrogen (secondary N) is 1. The minimum Gasteiger partial charge on any atom is -0.481 e. The maximum Gasteiger partial charge on any atom is 0.303 e. The second-order valence-corrected chi connectivity index (χ2v) is 6.40. The molecule has 0 saturated carbocycles. The molecule has 1 saturated heterocycles. The van der Waals surface area contributed by atoms with Gasteiger partial charge in [0.05, 0.1) is 0 Å². The van der Waals surface area contributed by atoms with Crippen molar-refractivity contribution in [3.8, 4) is 0 Å². The molecule has 0 aromatic carbocycles. The van der Waals surface area contributed by atoms with E-state index in [9.17, 15) is 4.79 Å². The van der Waals surface area contributed by atoms with Gasteiger partial charge in [0.25, 0.3) is 0 Å². The van der Waals surface area contributed by atoms with Crippen molar-refractivity contribution < 1.29 is 9.90 Å². The van der Waals surface area contributed by atoms with Crippen molar-refractivity contribution in [3.05, 3.63) is 23.4 Å². The predicted molar refractivity (Wildman–Crippen MR) is 86.1 cm³/mol. The van der Waals surface area contributed by atoms with Gasteiger partial charge >= 0.3 is 5.97 Å². The molecule has 2 rings (SSSR count). The van der Waals surface area contributed by atoms with Crippen LogP contribution in [0.1, 0.15) is 70.6 Å². The molecule has 118 valence electrons. The van der Waals surface area contributed by atoms with Crippen LogP contribution >= 0.6 is 0 Å². The molecule has 2 aliphatic rings. The highest BCUT2D eigenvalue weighted by molar-refractivity contribution is 5.66. The van der Waals surface area contributed by atoms with Crippen LogP contribution in [-0.4, -0.2) is 17.6 Å². The van der Waals surface area contributed by atoms with Crippen molar-refractivity contribution in [1.82, 2.24) is 5.32 Å². The summed E-state index contributed by atoms with van der Waals surface area (Å²) in [6, 6.07) is 0. The van der Waals surface area contributed by atoms with Crippen LogP contribution in [0.25, 0.3) is 0 Å². The highest BCUT2D eigenvalue weighted by Crippen LogP contribution is 2.30. The number of carboxylic acids is 1. The van der Waals surface area contributed by atoms with Gasteiger partial charge in [-0.1, -0.05) is 43.8 Å². The van der Waals surface area contributed by atoms with E-state index >= 15 is 0 Å². The molecule has 21 heavy (non-hydrogen) atoms. The van der Waals surface area contributed by atoms with Crippen molar-refractivity contribution in [2.75, 3.05) is 6.54 Å². The normalized spacial score (nSPS) is 20.5. The molecular weight excluding hydrogens is 262 g/mol. The third-order valence-electron chi connectivity index (χ3n) is 4.62. The molecule has 3 heteroatoms. The Hall–Kier alpha value is -1.25. The van der Waals surface area contributed by atoms with Crippen molar-refractivity contribution in [2.24, 2.45) is 5.92 Å². The van der Waals surface area contributed by atoms with Crippen LogP contribution in [0.4, 0.5) is 0 Å². The maximum absolute atomic E-state index is 10.4. The average Bonchev–Trinajstić information content (AvgIpc) is 2.92. The zero-order valence-electron chi connectivity index (χ0n) is 13.1. The van der Waals surface area contributed by atoms with Crippen molar-refractivity contribution in [1.29, 1.82) is 0 Å². The van der Waals surface area contributed by atoms with Crippen molar-refractivity contribution in [2.45, 2.75) is 70.6 Å². The van der Waals surface area contributed by atoms with Gasteiger partial charge in [-0.2, -0.15) is 0 Å². The lowest BCUT2D eigenvalue weighted by Crippen LogP contribution is -2.10. The molecule has 1 heterocycles. The Labute approximate surface area is 128 Å². The fraction of sp³-hybridized carbons (Fsp3) is 0.722. The predicted octanol–water partition coefficient (Wildman–Crippen LogP) is 4.41. The molecule has 0 radical (unpaired) electrons. The van der Waals surface area contributed by atoms with Crippen LogP contribution in [0, 0.1) is 5.92 Å². The van der Waals surface area contributed by atoms with Crippen LogP contribution in [0.3, 0.4) is 0 Å². The van der Waals surface area contributed by atoms with Crippen LogP contribution < -0.4 is 5.32 Å². The van der Waals surface area contributed by atoms with Crippen LogP contribution in [0.15, 0.2) is 23.4 Å². The Morgan fingerprint density at radius 1 is 1.14 bits per heavy atom. The summed E-state index contributed by atoms with van der Waals surface area (Å²) in [7, 11) is 0. The smallest absolute Gasteiger partial charge is 0.303 e. The van der Waals surface area contributed by atoms with Crippen molar-refractivity contribution >= 4 is 5.97 Å². The number of hydrogen-bond acceptors (Lipinski definition) is 2. The number of hydrogen-bond donors (Lipinski definition) is 2. The summed E-state index contributed by atoms with van der Waals surface area (Å²) in [4.78, 5) is 10.4. The van der Waals surface area contributed by atoms with Crippen LogP contribution in [0.2, 0.25) is 0 Å². The van der Waals surface area contributed by atoms with E-state index in [1.807, 2.05) is 0 Å². The minimum atomic E-state index is -0.663. The zero-order chi connectivity index (χ0) is 14.9. The Balaban J connectivity index is 1.45. The Morgan fingerprint density at radius 2 is 1.86 bits per heavy atom. The molecule has 1 aliphatic carbocycles. The fourth-order valence-corrected chi connectivity index (χ4v) is 3.32. The number of fused-ring (bicyclic) bond motifs is 1. The van der Waals surface area contributed by atoms with Gasteiger partial charge in [-0.05, 0) is 38.2 Å². The highest BCUT2D eigenvalue weighted by Gasteiger charge is 2.22. The van der Waals surface area contributed by atoms with Crippen LogP contribution in [0.5, 0.6) is 0 Å². The second-order valence-electron chi connectivity index (χ2n) is 6.40. The van der Waals surface area contributed by atoms with Gasteiger partial charge in [0.2, 0.25) is 0 Å². The van der Waals surface area contributed by atoms with Gasteiger partial charge in [-0.25, -0.2) is 0 Å². The molecule has 2 N–H and O–H groups in total. The second kappa shape index (κ2) is 8.91. The lowest BCUT2D eigenvalue weighted by Gasteiger charge is -2.16. The largest absolute Gasteiger partial charge is 0.481 e. The van der Waals surface area contributed by atoms with Gasteiger partial charge in [-0.15, -0.1) is 0 Å². The number of carbonyl (C=O) groups is 1. The minimum absolute atomic E-state index is 0.331. The van der Waals surface area contributed by atoms with Gasteiger partial charge in [0, 0.05) is 24.6 Å². The molecule has 0 bridgehead atoms. The monoisotopic (exact) mass is 291 g/mol. The Morgan fingerprint density at radius 3 is 2.62 bits per heavy atom. The van der Waals surface area contributed by atoms with E-state index in [0.29, 0.717) is 6.42 Å². The first-order valence-corrected chi connectivity index (χ1v) is 8.62. The zero-order valence-corrected chi connectivity index (χ0v) is 13.1. The van der Waals surface area contributed by atoms with Crippen molar-refractivity contribution in [3.63, 3.8) is 0 Å². The first-order valence-electron chi connectivity index (χ1n) is 8.62. The summed E-state index contributed by atoms with van der Waals surface area (Å²) < 4.78 is 0.